The number of aryl methyl sites for hydroxylation is 1. The Morgan fingerprint density at radius 3 is 2.46 bits per heavy atom. The summed E-state index contributed by atoms with van der Waals surface area (Å²) in [4.78, 5) is 18.5. The molecule has 0 radical (unpaired) electrons. The Morgan fingerprint density at radius 2 is 1.78 bits per heavy atom. The number of piperidine rings is 1. The Morgan fingerprint density at radius 1 is 1.05 bits per heavy atom. The van der Waals surface area contributed by atoms with Crippen molar-refractivity contribution in [2.24, 2.45) is 0 Å². The molecule has 11 heteroatoms. The van der Waals surface area contributed by atoms with Crippen molar-refractivity contribution in [2.45, 2.75) is 76.2 Å². The monoisotopic (exact) mass is 594 g/mol. The number of nitrogens with zero attached hydrogens (tertiary/aromatic N) is 4. The number of aromatic nitrogens is 3. The first-order valence-electron chi connectivity index (χ1n) is 13.9. The van der Waals surface area contributed by atoms with Gasteiger partial charge in [-0.05, 0) is 69.2 Å². The molecule has 2 aliphatic heterocycles. The van der Waals surface area contributed by atoms with Crippen LogP contribution in [0.25, 0.3) is 22.6 Å². The van der Waals surface area contributed by atoms with Gasteiger partial charge < -0.3 is 23.8 Å². The quantitative estimate of drug-likeness (QED) is 0.224. The predicted octanol–water partition coefficient (Wildman–Crippen LogP) is 7.30. The molecule has 2 unspecified atom stereocenters. The lowest BCUT2D eigenvalue weighted by Crippen LogP contribution is -2.45. The van der Waals surface area contributed by atoms with Crippen LogP contribution in [0.3, 0.4) is 0 Å². The van der Waals surface area contributed by atoms with Gasteiger partial charge in [0.15, 0.2) is 0 Å². The molecule has 1 N–H and O–H groups in total. The maximum absolute atomic E-state index is 11.6. The fourth-order valence-electron chi connectivity index (χ4n) is 6.25. The fourth-order valence-corrected chi connectivity index (χ4v) is 6.83. The summed E-state index contributed by atoms with van der Waals surface area (Å²) in [5.74, 6) is 0.634. The maximum atomic E-state index is 11.6. The van der Waals surface area contributed by atoms with Gasteiger partial charge in [0.1, 0.15) is 11.5 Å². The molecule has 0 spiro atoms. The van der Waals surface area contributed by atoms with E-state index in [9.17, 15) is 9.90 Å². The van der Waals surface area contributed by atoms with E-state index >= 15 is 0 Å². The molecule has 9 nitrogen and oxygen atoms in total. The summed E-state index contributed by atoms with van der Waals surface area (Å²) in [5, 5.41) is 19.1. The number of carboxylic acids is 1. The molecular formula is C30H28Cl2N4O5. The van der Waals surface area contributed by atoms with Crippen LogP contribution in [0.15, 0.2) is 45.4 Å². The molecule has 4 heterocycles. The molecule has 1 aliphatic carbocycles. The first-order chi connectivity index (χ1) is 19.9. The Hall–Kier alpha value is -3.40. The Labute approximate surface area is 246 Å². The standard InChI is InChI=1S/C30H28Cl2N4O5/c1-15-5-6-17(11-21(15)29(37)38)28-33-30(41-35-28)36-18-9-10-19(36)13-20(12-18)39-14-22-26(34-40-27(22)16-7-8-16)25-23(31)3-2-4-24(25)32/h2-6,11,16,18-20H,7-10,12-14H2,1H3,(H,37,38). The Kier molecular flexibility index (Phi) is 6.76. The third-order valence-corrected chi connectivity index (χ3v) is 9.11. The fraction of sp³-hybridized carbons (Fsp3) is 0.400. The zero-order valence-corrected chi connectivity index (χ0v) is 23.9. The second-order valence-corrected chi connectivity index (χ2v) is 12.0. The molecule has 1 saturated carbocycles. The molecule has 41 heavy (non-hydrogen) atoms. The number of benzene rings is 2. The van der Waals surface area contributed by atoms with Crippen LogP contribution in [-0.4, -0.2) is 44.6 Å². The van der Waals surface area contributed by atoms with Gasteiger partial charge in [0.05, 0.1) is 28.3 Å². The molecule has 2 bridgehead atoms. The molecule has 4 aromatic rings. The summed E-state index contributed by atoms with van der Waals surface area (Å²) < 4.78 is 18.0. The van der Waals surface area contributed by atoms with Gasteiger partial charge in [0.25, 0.3) is 0 Å². The molecule has 212 valence electrons. The van der Waals surface area contributed by atoms with E-state index in [0.29, 0.717) is 56.8 Å². The molecule has 7 rings (SSSR count). The van der Waals surface area contributed by atoms with Crippen molar-refractivity contribution < 1.29 is 23.7 Å². The first-order valence-corrected chi connectivity index (χ1v) is 14.6. The third-order valence-electron chi connectivity index (χ3n) is 8.48. The van der Waals surface area contributed by atoms with Crippen LogP contribution in [0.2, 0.25) is 10.0 Å². The number of carboxylic acid groups (broad SMARTS) is 1. The minimum Gasteiger partial charge on any atom is -0.478 e. The number of ether oxygens (including phenoxy) is 1. The SMILES string of the molecule is Cc1ccc(-c2noc(N3C4CCC3CC(OCc3c(-c5c(Cl)cccc5Cl)noc3C3CC3)C4)n2)cc1C(=O)O. The lowest BCUT2D eigenvalue weighted by Gasteiger charge is -2.37. The van der Waals surface area contributed by atoms with Gasteiger partial charge in [-0.3, -0.25) is 0 Å². The van der Waals surface area contributed by atoms with Gasteiger partial charge in [-0.1, -0.05) is 51.7 Å². The normalized spacial score (nSPS) is 21.9. The van der Waals surface area contributed by atoms with E-state index < -0.39 is 5.97 Å². The smallest absolute Gasteiger partial charge is 0.335 e. The number of anilines is 1. The summed E-state index contributed by atoms with van der Waals surface area (Å²) in [6.45, 7) is 2.14. The minimum atomic E-state index is -0.981. The van der Waals surface area contributed by atoms with E-state index in [1.807, 2.05) is 12.1 Å². The molecule has 0 amide bonds. The molecule has 2 saturated heterocycles. The van der Waals surface area contributed by atoms with Gasteiger partial charge >= 0.3 is 12.0 Å². The number of hydrogen-bond donors (Lipinski definition) is 1. The van der Waals surface area contributed by atoms with Crippen molar-refractivity contribution in [1.29, 1.82) is 0 Å². The molecule has 2 atom stereocenters. The highest BCUT2D eigenvalue weighted by molar-refractivity contribution is 6.39. The van der Waals surface area contributed by atoms with E-state index in [2.05, 4.69) is 20.2 Å². The third kappa shape index (κ3) is 4.90. The summed E-state index contributed by atoms with van der Waals surface area (Å²) in [6.07, 6.45) is 5.88. The number of rotatable bonds is 8. The molecule has 2 aromatic heterocycles. The van der Waals surface area contributed by atoms with Crippen molar-refractivity contribution >= 4 is 35.2 Å². The zero-order valence-electron chi connectivity index (χ0n) is 22.3. The lowest BCUT2D eigenvalue weighted by atomic mass is 9.99. The van der Waals surface area contributed by atoms with Crippen molar-refractivity contribution in [2.75, 3.05) is 4.90 Å². The number of aromatic carboxylic acids is 1. The van der Waals surface area contributed by atoms with Gasteiger partial charge in [-0.2, -0.15) is 4.98 Å². The van der Waals surface area contributed by atoms with Crippen LogP contribution < -0.4 is 4.90 Å². The zero-order chi connectivity index (χ0) is 28.2. The molecule has 3 aliphatic rings. The molecule has 3 fully saturated rings. The predicted molar refractivity (Wildman–Crippen MR) is 152 cm³/mol. The summed E-state index contributed by atoms with van der Waals surface area (Å²) in [7, 11) is 0. The summed E-state index contributed by atoms with van der Waals surface area (Å²) in [5.41, 5.74) is 3.78. The van der Waals surface area contributed by atoms with Crippen LogP contribution in [-0.2, 0) is 11.3 Å². The lowest BCUT2D eigenvalue weighted by molar-refractivity contribution is 0.0138. The summed E-state index contributed by atoms with van der Waals surface area (Å²) in [6, 6.07) is 11.5. The Bertz CT molecular complexity index is 1600. The van der Waals surface area contributed by atoms with Crippen LogP contribution >= 0.6 is 23.2 Å². The average molecular weight is 595 g/mol. The number of hydrogen-bond acceptors (Lipinski definition) is 8. The minimum absolute atomic E-state index is 0.0536. The second-order valence-electron chi connectivity index (χ2n) is 11.2. The topological polar surface area (TPSA) is 115 Å². The Balaban J connectivity index is 1.07. The average Bonchev–Trinajstić information content (AvgIpc) is 3.42. The van der Waals surface area contributed by atoms with Crippen LogP contribution in [0, 0.1) is 6.92 Å². The summed E-state index contributed by atoms with van der Waals surface area (Å²) >= 11 is 13.0. The van der Waals surface area contributed by atoms with Crippen molar-refractivity contribution in [3.63, 3.8) is 0 Å². The second kappa shape index (κ2) is 10.5. The van der Waals surface area contributed by atoms with Gasteiger partial charge in [0.2, 0.25) is 5.82 Å². The molecular weight excluding hydrogens is 567 g/mol. The van der Waals surface area contributed by atoms with Crippen LogP contribution in [0.1, 0.15) is 71.7 Å². The highest BCUT2D eigenvalue weighted by Crippen LogP contribution is 2.47. The van der Waals surface area contributed by atoms with E-state index in [1.54, 1.807) is 31.2 Å². The van der Waals surface area contributed by atoms with Crippen LogP contribution in [0.5, 0.6) is 0 Å². The van der Waals surface area contributed by atoms with E-state index in [-0.39, 0.29) is 23.8 Å². The van der Waals surface area contributed by atoms with Crippen molar-refractivity contribution in [3.05, 3.63) is 68.9 Å². The molecule has 2 aromatic carbocycles. The van der Waals surface area contributed by atoms with E-state index in [0.717, 1.165) is 49.8 Å². The van der Waals surface area contributed by atoms with Gasteiger partial charge in [0, 0.05) is 34.7 Å². The number of halogens is 2. The van der Waals surface area contributed by atoms with E-state index in [1.165, 1.54) is 0 Å². The van der Waals surface area contributed by atoms with Crippen LogP contribution in [0.4, 0.5) is 6.01 Å². The van der Waals surface area contributed by atoms with Gasteiger partial charge in [-0.25, -0.2) is 4.79 Å². The largest absolute Gasteiger partial charge is 0.478 e. The number of carbonyl (C=O) groups is 1. The number of fused-ring (bicyclic) bond motifs is 2. The van der Waals surface area contributed by atoms with E-state index in [4.69, 9.17) is 37.0 Å². The van der Waals surface area contributed by atoms with Gasteiger partial charge in [-0.15, -0.1) is 0 Å². The van der Waals surface area contributed by atoms with Crippen molar-refractivity contribution in [1.82, 2.24) is 15.3 Å². The maximum Gasteiger partial charge on any atom is 0.335 e. The first kappa shape index (κ1) is 26.5. The highest BCUT2D eigenvalue weighted by Gasteiger charge is 2.44. The highest BCUT2D eigenvalue weighted by atomic mass is 35.5. The van der Waals surface area contributed by atoms with Crippen molar-refractivity contribution in [3.8, 4) is 22.6 Å².